The third kappa shape index (κ3) is 4.16. The number of nitrogens with one attached hydrogen (secondary N) is 1. The summed E-state index contributed by atoms with van der Waals surface area (Å²) in [6, 6.07) is 7.29. The van der Waals surface area contributed by atoms with Crippen molar-refractivity contribution in [1.29, 1.82) is 0 Å². The zero-order valence-corrected chi connectivity index (χ0v) is 12.0. The van der Waals surface area contributed by atoms with Gasteiger partial charge in [-0.1, -0.05) is 29.8 Å². The highest BCUT2D eigenvalue weighted by Crippen LogP contribution is 2.15. The van der Waals surface area contributed by atoms with Crippen LogP contribution >= 0.6 is 23.8 Å². The van der Waals surface area contributed by atoms with Crippen LogP contribution in [0.3, 0.4) is 0 Å². The summed E-state index contributed by atoms with van der Waals surface area (Å²) in [6.45, 7) is 2.71. The van der Waals surface area contributed by atoms with Gasteiger partial charge in [0, 0.05) is 18.1 Å². The minimum atomic E-state index is -0.149. The smallest absolute Gasteiger partial charge is 0.230 e. The normalized spacial score (nSPS) is 15.1. The van der Waals surface area contributed by atoms with Gasteiger partial charge in [0.05, 0.1) is 19.6 Å². The highest BCUT2D eigenvalue weighted by Gasteiger charge is 2.16. The van der Waals surface area contributed by atoms with Crippen molar-refractivity contribution >= 4 is 34.8 Å². The predicted octanol–water partition coefficient (Wildman–Crippen LogP) is 1.62. The molecule has 1 amide bonds. The first-order valence-electron chi connectivity index (χ1n) is 6.07. The molecule has 102 valence electrons. The highest BCUT2D eigenvalue weighted by molar-refractivity contribution is 7.80. The summed E-state index contributed by atoms with van der Waals surface area (Å²) < 4.78 is 5.23. The molecule has 0 spiro atoms. The molecular formula is C13H15ClN2O2S. The molecule has 0 aliphatic carbocycles. The Balaban J connectivity index is 1.87. The Morgan fingerprint density at radius 3 is 2.74 bits per heavy atom. The number of amides is 1. The number of rotatable bonds is 2. The number of hydrogen-bond acceptors (Lipinski definition) is 3. The Morgan fingerprint density at radius 2 is 2.05 bits per heavy atom. The average Bonchev–Trinajstić information content (AvgIpc) is 2.42. The summed E-state index contributed by atoms with van der Waals surface area (Å²) in [7, 11) is 0. The van der Waals surface area contributed by atoms with Crippen molar-refractivity contribution in [3.8, 4) is 0 Å². The third-order valence-electron chi connectivity index (χ3n) is 2.85. The molecule has 1 aliphatic rings. The Labute approximate surface area is 122 Å². The topological polar surface area (TPSA) is 41.6 Å². The molecule has 0 saturated carbocycles. The molecule has 2 rings (SSSR count). The van der Waals surface area contributed by atoms with Crippen LogP contribution in [0.15, 0.2) is 24.3 Å². The lowest BCUT2D eigenvalue weighted by molar-refractivity contribution is -0.119. The standard InChI is InChI=1S/C13H15ClN2O2S/c14-11-4-2-1-3-10(11)9-12(17)15-13(19)16-5-7-18-8-6-16/h1-4H,5-9H2,(H,15,17,19). The van der Waals surface area contributed by atoms with Gasteiger partial charge in [0.25, 0.3) is 0 Å². The van der Waals surface area contributed by atoms with Crippen molar-refractivity contribution in [2.45, 2.75) is 6.42 Å². The van der Waals surface area contributed by atoms with Crippen LogP contribution in [-0.2, 0) is 16.0 Å². The molecule has 1 N–H and O–H groups in total. The molecule has 0 aromatic heterocycles. The van der Waals surface area contributed by atoms with E-state index in [2.05, 4.69) is 5.32 Å². The molecule has 1 heterocycles. The van der Waals surface area contributed by atoms with Gasteiger partial charge < -0.3 is 15.0 Å². The molecule has 0 unspecified atom stereocenters. The summed E-state index contributed by atoms with van der Waals surface area (Å²) >= 11 is 11.2. The monoisotopic (exact) mass is 298 g/mol. The minimum Gasteiger partial charge on any atom is -0.378 e. The fraction of sp³-hybridized carbons (Fsp3) is 0.385. The highest BCUT2D eigenvalue weighted by atomic mass is 35.5. The Bertz CT molecular complexity index is 475. The van der Waals surface area contributed by atoms with Crippen molar-refractivity contribution in [3.05, 3.63) is 34.9 Å². The molecule has 0 radical (unpaired) electrons. The van der Waals surface area contributed by atoms with E-state index >= 15 is 0 Å². The van der Waals surface area contributed by atoms with Crippen molar-refractivity contribution in [1.82, 2.24) is 10.2 Å². The molecule has 1 aromatic carbocycles. The van der Waals surface area contributed by atoms with Gasteiger partial charge in [-0.3, -0.25) is 4.79 Å². The summed E-state index contributed by atoms with van der Waals surface area (Å²) in [6.07, 6.45) is 0.226. The molecule has 1 saturated heterocycles. The number of thiocarbonyl (C=S) groups is 1. The zero-order valence-electron chi connectivity index (χ0n) is 10.4. The lowest BCUT2D eigenvalue weighted by atomic mass is 10.1. The quantitative estimate of drug-likeness (QED) is 0.843. The van der Waals surface area contributed by atoms with Crippen LogP contribution in [0.5, 0.6) is 0 Å². The van der Waals surface area contributed by atoms with Gasteiger partial charge in [0.15, 0.2) is 5.11 Å². The van der Waals surface area contributed by atoms with E-state index in [1.165, 1.54) is 0 Å². The number of carbonyl (C=O) groups is 1. The number of benzene rings is 1. The van der Waals surface area contributed by atoms with Crippen LogP contribution in [0.1, 0.15) is 5.56 Å². The lowest BCUT2D eigenvalue weighted by Gasteiger charge is -2.28. The SMILES string of the molecule is O=C(Cc1ccccc1Cl)NC(=S)N1CCOCC1. The maximum atomic E-state index is 11.9. The molecule has 0 bridgehead atoms. The summed E-state index contributed by atoms with van der Waals surface area (Å²) in [5.41, 5.74) is 0.798. The Hall–Kier alpha value is -1.17. The summed E-state index contributed by atoms with van der Waals surface area (Å²) in [5.74, 6) is -0.149. The first kappa shape index (κ1) is 14.2. The van der Waals surface area contributed by atoms with E-state index in [1.54, 1.807) is 6.07 Å². The van der Waals surface area contributed by atoms with Crippen molar-refractivity contribution in [2.24, 2.45) is 0 Å². The van der Waals surface area contributed by atoms with Crippen LogP contribution in [0.2, 0.25) is 5.02 Å². The van der Waals surface area contributed by atoms with Crippen molar-refractivity contribution in [2.75, 3.05) is 26.3 Å². The van der Waals surface area contributed by atoms with E-state index in [1.807, 2.05) is 23.1 Å². The largest absolute Gasteiger partial charge is 0.378 e. The predicted molar refractivity (Wildman–Crippen MR) is 78.3 cm³/mol. The van der Waals surface area contributed by atoms with Gasteiger partial charge in [-0.25, -0.2) is 0 Å². The van der Waals surface area contributed by atoms with Crippen LogP contribution in [-0.4, -0.2) is 42.2 Å². The van der Waals surface area contributed by atoms with E-state index in [-0.39, 0.29) is 12.3 Å². The van der Waals surface area contributed by atoms with Crippen LogP contribution < -0.4 is 5.32 Å². The average molecular weight is 299 g/mol. The first-order valence-corrected chi connectivity index (χ1v) is 6.85. The van der Waals surface area contributed by atoms with Crippen molar-refractivity contribution < 1.29 is 9.53 Å². The molecule has 0 atom stereocenters. The fourth-order valence-electron chi connectivity index (χ4n) is 1.82. The fourth-order valence-corrected chi connectivity index (χ4v) is 2.32. The molecular weight excluding hydrogens is 284 g/mol. The van der Waals surface area contributed by atoms with Crippen LogP contribution in [0.4, 0.5) is 0 Å². The maximum Gasteiger partial charge on any atom is 0.230 e. The number of carbonyl (C=O) groups excluding carboxylic acids is 1. The van der Waals surface area contributed by atoms with E-state index in [4.69, 9.17) is 28.6 Å². The molecule has 19 heavy (non-hydrogen) atoms. The number of nitrogens with zero attached hydrogens (tertiary/aromatic N) is 1. The van der Waals surface area contributed by atoms with Gasteiger partial charge in [0.1, 0.15) is 0 Å². The van der Waals surface area contributed by atoms with Gasteiger partial charge in [-0.15, -0.1) is 0 Å². The van der Waals surface area contributed by atoms with Crippen molar-refractivity contribution in [3.63, 3.8) is 0 Å². The second-order valence-electron chi connectivity index (χ2n) is 4.22. The zero-order chi connectivity index (χ0) is 13.7. The number of hydrogen-bond donors (Lipinski definition) is 1. The third-order valence-corrected chi connectivity index (χ3v) is 3.58. The van der Waals surface area contributed by atoms with E-state index < -0.39 is 0 Å². The van der Waals surface area contributed by atoms with Gasteiger partial charge in [0.2, 0.25) is 5.91 Å². The van der Waals surface area contributed by atoms with Crippen LogP contribution in [0.25, 0.3) is 0 Å². The van der Waals surface area contributed by atoms with E-state index in [0.717, 1.165) is 5.56 Å². The Morgan fingerprint density at radius 1 is 1.37 bits per heavy atom. The molecule has 4 nitrogen and oxygen atoms in total. The number of halogens is 1. The minimum absolute atomic E-state index is 0.149. The van der Waals surface area contributed by atoms with Crippen LogP contribution in [0, 0.1) is 0 Å². The first-order chi connectivity index (χ1) is 9.16. The van der Waals surface area contributed by atoms with E-state index in [9.17, 15) is 4.79 Å². The molecule has 1 aromatic rings. The maximum absolute atomic E-state index is 11.9. The number of ether oxygens (including phenoxy) is 1. The molecule has 1 aliphatic heterocycles. The summed E-state index contributed by atoms with van der Waals surface area (Å²) in [4.78, 5) is 13.8. The second kappa shape index (κ2) is 6.84. The lowest BCUT2D eigenvalue weighted by Crippen LogP contribution is -2.48. The number of morpholine rings is 1. The van der Waals surface area contributed by atoms with E-state index in [0.29, 0.717) is 36.4 Å². The van der Waals surface area contributed by atoms with Gasteiger partial charge in [-0.05, 0) is 23.8 Å². The molecule has 1 fully saturated rings. The summed E-state index contributed by atoms with van der Waals surface area (Å²) in [5, 5.41) is 3.78. The van der Waals surface area contributed by atoms with Gasteiger partial charge in [-0.2, -0.15) is 0 Å². The second-order valence-corrected chi connectivity index (χ2v) is 5.01. The van der Waals surface area contributed by atoms with Gasteiger partial charge >= 0.3 is 0 Å². The Kier molecular flexibility index (Phi) is 5.13. The molecule has 6 heteroatoms.